The third-order valence-corrected chi connectivity index (χ3v) is 3.74. The molecular weight excluding hydrogens is 328 g/mol. The maximum atomic E-state index is 12.4. The second-order valence-electron chi connectivity index (χ2n) is 4.19. The number of hydrogen-bond donors (Lipinski definition) is 0. The van der Waals surface area contributed by atoms with Crippen molar-refractivity contribution in [2.75, 3.05) is 6.61 Å². The highest BCUT2D eigenvalue weighted by Crippen LogP contribution is 2.19. The van der Waals surface area contributed by atoms with E-state index in [4.69, 9.17) is 16.3 Å². The molecule has 3 aromatic heterocycles. The summed E-state index contributed by atoms with van der Waals surface area (Å²) in [5, 5.41) is 0.949. The normalized spacial score (nSPS) is 10.8. The molecule has 0 aliphatic rings. The van der Waals surface area contributed by atoms with E-state index in [1.807, 2.05) is 0 Å². The van der Waals surface area contributed by atoms with Crippen LogP contribution in [-0.4, -0.2) is 31.5 Å². The zero-order chi connectivity index (χ0) is 15.7. The fourth-order valence-electron chi connectivity index (χ4n) is 1.95. The van der Waals surface area contributed by atoms with Gasteiger partial charge in [0.1, 0.15) is 17.0 Å². The summed E-state index contributed by atoms with van der Waals surface area (Å²) in [6.45, 7) is 1.84. The minimum absolute atomic E-state index is 0.0892. The fourth-order valence-corrected chi connectivity index (χ4v) is 2.61. The van der Waals surface area contributed by atoms with Gasteiger partial charge in [-0.25, -0.2) is 14.8 Å². The zero-order valence-corrected chi connectivity index (χ0v) is 12.9. The first-order chi connectivity index (χ1) is 10.6. The van der Waals surface area contributed by atoms with Crippen molar-refractivity contribution < 1.29 is 9.53 Å². The summed E-state index contributed by atoms with van der Waals surface area (Å²) < 4.78 is 10.3. The molecule has 0 radical (unpaired) electrons. The molecule has 0 aliphatic heterocycles. The van der Waals surface area contributed by atoms with Crippen LogP contribution in [0.25, 0.3) is 16.2 Å². The Kier molecular flexibility index (Phi) is 3.86. The van der Waals surface area contributed by atoms with Gasteiger partial charge in [-0.1, -0.05) is 11.6 Å². The first-order valence-corrected chi connectivity index (χ1v) is 7.43. The summed E-state index contributed by atoms with van der Waals surface area (Å²) in [4.78, 5) is 32.7. The van der Waals surface area contributed by atoms with Crippen molar-refractivity contribution >= 4 is 40.1 Å². The highest BCUT2D eigenvalue weighted by Gasteiger charge is 2.19. The zero-order valence-electron chi connectivity index (χ0n) is 11.3. The molecule has 0 saturated carbocycles. The number of carbonyl (C=O) groups is 1. The van der Waals surface area contributed by atoms with Crippen molar-refractivity contribution in [3.63, 3.8) is 0 Å². The number of rotatable bonds is 3. The lowest BCUT2D eigenvalue weighted by molar-refractivity contribution is 0.0524. The van der Waals surface area contributed by atoms with Gasteiger partial charge >= 0.3 is 5.97 Å². The van der Waals surface area contributed by atoms with Crippen LogP contribution in [0, 0.1) is 0 Å². The van der Waals surface area contributed by atoms with Crippen LogP contribution in [0.1, 0.15) is 17.3 Å². The topological polar surface area (TPSA) is 87.0 Å². The number of nitrogens with zero attached hydrogens (tertiary/aromatic N) is 4. The Morgan fingerprint density at radius 2 is 2.27 bits per heavy atom. The summed E-state index contributed by atoms with van der Waals surface area (Å²) in [7, 11) is 0. The summed E-state index contributed by atoms with van der Waals surface area (Å²) in [6.07, 6.45) is 2.73. The van der Waals surface area contributed by atoms with Gasteiger partial charge < -0.3 is 4.74 Å². The SMILES string of the molecule is CCOC(=O)c1cn(-c2ncns2)c2nc(Cl)ccc2c1=O. The predicted molar refractivity (Wildman–Crippen MR) is 81.8 cm³/mol. The van der Waals surface area contributed by atoms with E-state index in [1.54, 1.807) is 6.92 Å². The number of aromatic nitrogens is 4. The molecule has 0 fully saturated rings. The van der Waals surface area contributed by atoms with Gasteiger partial charge in [-0.2, -0.15) is 4.37 Å². The molecule has 9 heteroatoms. The summed E-state index contributed by atoms with van der Waals surface area (Å²) in [6, 6.07) is 3.01. The number of carbonyl (C=O) groups excluding carboxylic acids is 1. The molecule has 22 heavy (non-hydrogen) atoms. The number of ether oxygens (including phenoxy) is 1. The monoisotopic (exact) mass is 336 g/mol. The first-order valence-electron chi connectivity index (χ1n) is 6.28. The van der Waals surface area contributed by atoms with Crippen molar-refractivity contribution in [1.29, 1.82) is 0 Å². The third-order valence-electron chi connectivity index (χ3n) is 2.87. The molecule has 0 aromatic carbocycles. The molecule has 0 amide bonds. The lowest BCUT2D eigenvalue weighted by atomic mass is 10.2. The molecular formula is C13H9ClN4O3S. The molecule has 0 bridgehead atoms. The summed E-state index contributed by atoms with van der Waals surface area (Å²) in [5.41, 5.74) is -0.241. The Morgan fingerprint density at radius 3 is 2.95 bits per heavy atom. The number of esters is 1. The van der Waals surface area contributed by atoms with Gasteiger partial charge in [0.15, 0.2) is 5.65 Å². The summed E-state index contributed by atoms with van der Waals surface area (Å²) in [5.74, 6) is -0.692. The maximum Gasteiger partial charge on any atom is 0.343 e. The largest absolute Gasteiger partial charge is 0.462 e. The van der Waals surface area contributed by atoms with Crippen LogP contribution in [0.15, 0.2) is 29.5 Å². The van der Waals surface area contributed by atoms with Crippen molar-refractivity contribution in [3.8, 4) is 5.13 Å². The van der Waals surface area contributed by atoms with E-state index < -0.39 is 11.4 Å². The number of pyridine rings is 2. The van der Waals surface area contributed by atoms with Gasteiger partial charge in [-0.05, 0) is 19.1 Å². The van der Waals surface area contributed by atoms with Crippen LogP contribution in [0.5, 0.6) is 0 Å². The van der Waals surface area contributed by atoms with Gasteiger partial charge in [-0.15, -0.1) is 0 Å². The van der Waals surface area contributed by atoms with Crippen LogP contribution in [0.2, 0.25) is 5.15 Å². The molecule has 3 aromatic rings. The minimum Gasteiger partial charge on any atom is -0.462 e. The van der Waals surface area contributed by atoms with E-state index in [-0.39, 0.29) is 22.7 Å². The lowest BCUT2D eigenvalue weighted by Gasteiger charge is -2.09. The van der Waals surface area contributed by atoms with Crippen molar-refractivity contribution in [2.45, 2.75) is 6.92 Å². The predicted octanol–water partition coefficient (Wildman–Crippen LogP) is 2.07. The van der Waals surface area contributed by atoms with E-state index in [9.17, 15) is 9.59 Å². The van der Waals surface area contributed by atoms with Gasteiger partial charge in [0.25, 0.3) is 0 Å². The van der Waals surface area contributed by atoms with Crippen molar-refractivity contribution in [3.05, 3.63) is 45.6 Å². The van der Waals surface area contributed by atoms with E-state index >= 15 is 0 Å². The van der Waals surface area contributed by atoms with Crippen LogP contribution < -0.4 is 5.43 Å². The Morgan fingerprint density at radius 1 is 1.45 bits per heavy atom. The van der Waals surface area contributed by atoms with Crippen molar-refractivity contribution in [2.24, 2.45) is 0 Å². The molecule has 0 aliphatic carbocycles. The smallest absolute Gasteiger partial charge is 0.343 e. The fraction of sp³-hybridized carbons (Fsp3) is 0.154. The van der Waals surface area contributed by atoms with Crippen molar-refractivity contribution in [1.82, 2.24) is 18.9 Å². The molecule has 0 saturated heterocycles. The second-order valence-corrected chi connectivity index (χ2v) is 5.34. The third kappa shape index (κ3) is 2.46. The molecule has 7 nitrogen and oxygen atoms in total. The Labute approximate surface area is 133 Å². The number of halogens is 1. The molecule has 0 atom stereocenters. The standard InChI is InChI=1S/C13H9ClN4O3S/c1-2-21-12(20)8-5-18(13-15-6-16-22-13)11-7(10(8)19)3-4-9(14)17-11/h3-6H,2H2,1H3. The molecule has 112 valence electrons. The maximum absolute atomic E-state index is 12.4. The van der Waals surface area contributed by atoms with Gasteiger partial charge in [0.2, 0.25) is 10.6 Å². The Balaban J connectivity index is 2.36. The first kappa shape index (κ1) is 14.6. The average molecular weight is 337 g/mol. The number of hydrogen-bond acceptors (Lipinski definition) is 7. The highest BCUT2D eigenvalue weighted by molar-refractivity contribution is 7.08. The lowest BCUT2D eigenvalue weighted by Crippen LogP contribution is -2.21. The Bertz CT molecular complexity index is 908. The quantitative estimate of drug-likeness (QED) is 0.537. The average Bonchev–Trinajstić information content (AvgIpc) is 3.01. The second kappa shape index (κ2) is 5.82. The van der Waals surface area contributed by atoms with Crippen LogP contribution in [0.4, 0.5) is 0 Å². The van der Waals surface area contributed by atoms with Crippen LogP contribution >= 0.6 is 23.1 Å². The molecule has 3 heterocycles. The van der Waals surface area contributed by atoms with E-state index in [0.29, 0.717) is 10.8 Å². The van der Waals surface area contributed by atoms with Crippen LogP contribution in [-0.2, 0) is 4.74 Å². The van der Waals surface area contributed by atoms with Crippen LogP contribution in [0.3, 0.4) is 0 Å². The molecule has 0 N–H and O–H groups in total. The van der Waals surface area contributed by atoms with Gasteiger partial charge in [0.05, 0.1) is 12.0 Å². The molecule has 0 unspecified atom stereocenters. The molecule has 0 spiro atoms. The van der Waals surface area contributed by atoms with E-state index in [0.717, 1.165) is 11.5 Å². The highest BCUT2D eigenvalue weighted by atomic mass is 35.5. The van der Waals surface area contributed by atoms with E-state index in [2.05, 4.69) is 14.3 Å². The van der Waals surface area contributed by atoms with Gasteiger partial charge in [-0.3, -0.25) is 9.36 Å². The summed E-state index contributed by atoms with van der Waals surface area (Å²) >= 11 is 7.01. The minimum atomic E-state index is -0.692. The number of fused-ring (bicyclic) bond motifs is 1. The van der Waals surface area contributed by atoms with E-state index in [1.165, 1.54) is 29.2 Å². The van der Waals surface area contributed by atoms with Gasteiger partial charge in [0, 0.05) is 17.7 Å². The molecule has 3 rings (SSSR count). The Hall–Kier alpha value is -2.32.